The largest absolute Gasteiger partial charge is 0.377 e. The van der Waals surface area contributed by atoms with Gasteiger partial charge in [0.15, 0.2) is 0 Å². The molecule has 0 saturated carbocycles. The minimum atomic E-state index is 0.205. The maximum atomic E-state index is 5.83. The summed E-state index contributed by atoms with van der Waals surface area (Å²) in [7, 11) is 0. The third-order valence-electron chi connectivity index (χ3n) is 3.85. The monoisotopic (exact) mass is 307 g/mol. The normalized spacial score (nSPS) is 16.5. The van der Waals surface area contributed by atoms with Crippen LogP contribution in [0.4, 0.5) is 0 Å². The molecule has 1 rings (SSSR count). The van der Waals surface area contributed by atoms with Crippen LogP contribution in [-0.4, -0.2) is 25.3 Å². The molecule has 0 fully saturated rings. The molecule has 0 saturated heterocycles. The summed E-state index contributed by atoms with van der Waals surface area (Å²) in [5, 5.41) is 3.49. The summed E-state index contributed by atoms with van der Waals surface area (Å²) in [6.45, 7) is 16.2. The summed E-state index contributed by atoms with van der Waals surface area (Å²) < 4.78 is 5.83. The van der Waals surface area contributed by atoms with Gasteiger partial charge < -0.3 is 10.1 Å². The van der Waals surface area contributed by atoms with Crippen LogP contribution < -0.4 is 5.32 Å². The van der Waals surface area contributed by atoms with Gasteiger partial charge in [0.05, 0.1) is 6.61 Å². The number of hydrogen-bond donors (Lipinski definition) is 1. The van der Waals surface area contributed by atoms with Gasteiger partial charge >= 0.3 is 0 Å². The quantitative estimate of drug-likeness (QED) is 0.618. The van der Waals surface area contributed by atoms with E-state index in [2.05, 4.69) is 59.0 Å². The zero-order valence-electron chi connectivity index (χ0n) is 15.7. The van der Waals surface area contributed by atoms with Crippen LogP contribution in [0.3, 0.4) is 0 Å². The Hall–Kier alpha value is -0.600. The van der Waals surface area contributed by atoms with Gasteiger partial charge in [-0.05, 0) is 70.4 Å². The zero-order valence-corrected chi connectivity index (χ0v) is 15.7. The maximum Gasteiger partial charge on any atom is 0.0713 e. The van der Waals surface area contributed by atoms with E-state index < -0.39 is 0 Å². The Bertz CT molecular complexity index is 379. The van der Waals surface area contributed by atoms with Crippen molar-refractivity contribution in [2.75, 3.05) is 19.8 Å². The molecule has 0 aromatic carbocycles. The van der Waals surface area contributed by atoms with Gasteiger partial charge in [0.1, 0.15) is 0 Å². The maximum absolute atomic E-state index is 5.83. The fraction of sp³-hybridized carbons (Fsp3) is 0.800. The molecule has 0 heterocycles. The first-order chi connectivity index (χ1) is 10.2. The lowest BCUT2D eigenvalue weighted by Gasteiger charge is -2.21. The Morgan fingerprint density at radius 1 is 1.14 bits per heavy atom. The van der Waals surface area contributed by atoms with Gasteiger partial charge in [-0.25, -0.2) is 0 Å². The van der Waals surface area contributed by atoms with Crippen LogP contribution in [0.1, 0.15) is 73.6 Å². The highest BCUT2D eigenvalue weighted by atomic mass is 16.5. The SMILES string of the molecule is CC(C)(C)CCC1=CC(COCCCNC(C)(C)C)=CCC1. The smallest absolute Gasteiger partial charge is 0.0713 e. The van der Waals surface area contributed by atoms with Crippen molar-refractivity contribution >= 4 is 0 Å². The standard InChI is InChI=1S/C20H37NO/c1-19(2,3)12-11-17-9-7-10-18(15-17)16-22-14-8-13-21-20(4,5)6/h10,15,21H,7-9,11-14,16H2,1-6H3. The molecule has 0 amide bonds. The number of hydrogen-bond acceptors (Lipinski definition) is 2. The Labute approximate surface area is 138 Å². The Morgan fingerprint density at radius 2 is 1.86 bits per heavy atom. The molecular weight excluding hydrogens is 270 g/mol. The molecule has 0 bridgehead atoms. The average Bonchev–Trinajstić information content (AvgIpc) is 2.39. The van der Waals surface area contributed by atoms with Crippen molar-refractivity contribution in [2.24, 2.45) is 5.41 Å². The summed E-state index contributed by atoms with van der Waals surface area (Å²) in [6.07, 6.45) is 10.7. The van der Waals surface area contributed by atoms with Crippen molar-refractivity contribution in [3.63, 3.8) is 0 Å². The fourth-order valence-electron chi connectivity index (χ4n) is 2.50. The first-order valence-corrected chi connectivity index (χ1v) is 8.87. The van der Waals surface area contributed by atoms with E-state index in [1.807, 2.05) is 0 Å². The molecule has 0 atom stereocenters. The van der Waals surface area contributed by atoms with Crippen LogP contribution in [0, 0.1) is 5.41 Å². The van der Waals surface area contributed by atoms with Gasteiger partial charge in [0.25, 0.3) is 0 Å². The molecule has 2 heteroatoms. The highest BCUT2D eigenvalue weighted by molar-refractivity contribution is 5.28. The fourth-order valence-corrected chi connectivity index (χ4v) is 2.50. The Balaban J connectivity index is 2.20. The van der Waals surface area contributed by atoms with Crippen molar-refractivity contribution in [1.29, 1.82) is 0 Å². The van der Waals surface area contributed by atoms with Gasteiger partial charge in [-0.3, -0.25) is 0 Å². The summed E-state index contributed by atoms with van der Waals surface area (Å²) in [5.41, 5.74) is 3.61. The lowest BCUT2D eigenvalue weighted by molar-refractivity contribution is 0.152. The third-order valence-corrected chi connectivity index (χ3v) is 3.85. The van der Waals surface area contributed by atoms with Crippen LogP contribution in [0.25, 0.3) is 0 Å². The molecule has 0 unspecified atom stereocenters. The van der Waals surface area contributed by atoms with Crippen molar-refractivity contribution in [3.05, 3.63) is 23.3 Å². The second kappa shape index (κ2) is 8.88. The van der Waals surface area contributed by atoms with Crippen LogP contribution >= 0.6 is 0 Å². The zero-order chi connectivity index (χ0) is 16.6. The molecule has 22 heavy (non-hydrogen) atoms. The number of allylic oxidation sites excluding steroid dienone is 2. The van der Waals surface area contributed by atoms with E-state index in [-0.39, 0.29) is 5.54 Å². The third kappa shape index (κ3) is 10.2. The molecule has 128 valence electrons. The Morgan fingerprint density at radius 3 is 2.50 bits per heavy atom. The predicted molar refractivity (Wildman–Crippen MR) is 97.3 cm³/mol. The van der Waals surface area contributed by atoms with E-state index in [0.717, 1.165) is 26.2 Å². The lowest BCUT2D eigenvalue weighted by Crippen LogP contribution is -2.36. The molecule has 0 aliphatic heterocycles. The van der Waals surface area contributed by atoms with E-state index in [1.54, 1.807) is 5.57 Å². The summed E-state index contributed by atoms with van der Waals surface area (Å²) in [4.78, 5) is 0. The van der Waals surface area contributed by atoms with Crippen LogP contribution in [-0.2, 0) is 4.74 Å². The van der Waals surface area contributed by atoms with Crippen LogP contribution in [0.2, 0.25) is 0 Å². The number of ether oxygens (including phenoxy) is 1. The minimum absolute atomic E-state index is 0.205. The predicted octanol–water partition coefficient (Wildman–Crippen LogP) is 5.25. The highest BCUT2D eigenvalue weighted by Gasteiger charge is 2.13. The van der Waals surface area contributed by atoms with Crippen molar-refractivity contribution < 1.29 is 4.74 Å². The first-order valence-electron chi connectivity index (χ1n) is 8.87. The summed E-state index contributed by atoms with van der Waals surface area (Å²) in [6, 6.07) is 0. The number of rotatable bonds is 8. The van der Waals surface area contributed by atoms with Gasteiger partial charge in [-0.1, -0.05) is 38.5 Å². The van der Waals surface area contributed by atoms with E-state index in [1.165, 1.54) is 31.3 Å². The van der Waals surface area contributed by atoms with E-state index in [4.69, 9.17) is 4.74 Å². The van der Waals surface area contributed by atoms with Crippen molar-refractivity contribution in [3.8, 4) is 0 Å². The van der Waals surface area contributed by atoms with Gasteiger partial charge in [0, 0.05) is 12.1 Å². The van der Waals surface area contributed by atoms with E-state index in [9.17, 15) is 0 Å². The second-order valence-corrected chi connectivity index (χ2v) is 8.76. The minimum Gasteiger partial charge on any atom is -0.377 e. The Kier molecular flexibility index (Phi) is 7.85. The topological polar surface area (TPSA) is 21.3 Å². The van der Waals surface area contributed by atoms with Crippen LogP contribution in [0.15, 0.2) is 23.3 Å². The molecule has 1 aliphatic rings. The summed E-state index contributed by atoms with van der Waals surface area (Å²) in [5.74, 6) is 0. The lowest BCUT2D eigenvalue weighted by atomic mass is 9.86. The number of nitrogens with one attached hydrogen (secondary N) is 1. The molecular formula is C20H37NO. The van der Waals surface area contributed by atoms with Crippen molar-refractivity contribution in [2.45, 2.75) is 79.2 Å². The van der Waals surface area contributed by atoms with Gasteiger partial charge in [-0.2, -0.15) is 0 Å². The van der Waals surface area contributed by atoms with E-state index in [0.29, 0.717) is 5.41 Å². The van der Waals surface area contributed by atoms with Crippen molar-refractivity contribution in [1.82, 2.24) is 5.32 Å². The van der Waals surface area contributed by atoms with Crippen LogP contribution in [0.5, 0.6) is 0 Å². The molecule has 1 N–H and O–H groups in total. The molecule has 0 spiro atoms. The molecule has 2 nitrogen and oxygen atoms in total. The first kappa shape index (κ1) is 19.4. The summed E-state index contributed by atoms with van der Waals surface area (Å²) >= 11 is 0. The van der Waals surface area contributed by atoms with Gasteiger partial charge in [0.2, 0.25) is 0 Å². The van der Waals surface area contributed by atoms with Gasteiger partial charge in [-0.15, -0.1) is 0 Å². The van der Waals surface area contributed by atoms with E-state index >= 15 is 0 Å². The average molecular weight is 308 g/mol. The molecule has 0 radical (unpaired) electrons. The molecule has 0 aromatic heterocycles. The highest BCUT2D eigenvalue weighted by Crippen LogP contribution is 2.28. The molecule has 0 aromatic rings. The molecule has 1 aliphatic carbocycles. The second-order valence-electron chi connectivity index (χ2n) is 8.76.